The summed E-state index contributed by atoms with van der Waals surface area (Å²) >= 11 is 0. The summed E-state index contributed by atoms with van der Waals surface area (Å²) in [5.41, 5.74) is 1.76. The van der Waals surface area contributed by atoms with Gasteiger partial charge in [0.05, 0.1) is 6.04 Å². The summed E-state index contributed by atoms with van der Waals surface area (Å²) in [5, 5.41) is 3.04. The lowest BCUT2D eigenvalue weighted by atomic mass is 10.0. The molecule has 3 rings (SSSR count). The highest BCUT2D eigenvalue weighted by atomic mass is 16.1. The number of pyridine rings is 1. The van der Waals surface area contributed by atoms with Gasteiger partial charge < -0.3 is 10.3 Å². The van der Waals surface area contributed by atoms with Gasteiger partial charge in [-0.15, -0.1) is 0 Å². The number of aromatic amines is 1. The number of hydrogen-bond acceptors (Lipinski definition) is 3. The number of hydrogen-bond donors (Lipinski definition) is 2. The molecule has 2 aromatic rings. The molecule has 0 bridgehead atoms. The van der Waals surface area contributed by atoms with Crippen LogP contribution < -0.4 is 5.32 Å². The maximum atomic E-state index is 12.1. The van der Waals surface area contributed by atoms with Gasteiger partial charge in [-0.2, -0.15) is 0 Å². The second-order valence-electron chi connectivity index (χ2n) is 5.69. The molecule has 0 spiro atoms. The Kier molecular flexibility index (Phi) is 4.85. The van der Waals surface area contributed by atoms with E-state index in [0.717, 1.165) is 18.7 Å². The van der Waals surface area contributed by atoms with Crippen LogP contribution in [0.15, 0.2) is 42.9 Å². The Hall–Kier alpha value is -2.14. The van der Waals surface area contributed by atoms with E-state index in [1.807, 2.05) is 18.3 Å². The zero-order valence-corrected chi connectivity index (χ0v) is 12.7. The first-order valence-electron chi connectivity index (χ1n) is 7.90. The highest BCUT2D eigenvalue weighted by Crippen LogP contribution is 2.23. The molecule has 1 aliphatic heterocycles. The molecule has 1 saturated heterocycles. The van der Waals surface area contributed by atoms with Crippen LogP contribution in [-0.2, 0) is 0 Å². The van der Waals surface area contributed by atoms with Gasteiger partial charge in [0, 0.05) is 25.1 Å². The normalized spacial score (nSPS) is 17.1. The van der Waals surface area contributed by atoms with Crippen molar-refractivity contribution < 1.29 is 4.79 Å². The molecular formula is C17H22N4O. The number of carbonyl (C=O) groups is 1. The second kappa shape index (κ2) is 7.22. The van der Waals surface area contributed by atoms with Gasteiger partial charge in [0.25, 0.3) is 5.91 Å². The number of rotatable bonds is 5. The van der Waals surface area contributed by atoms with Crippen LogP contribution >= 0.6 is 0 Å². The van der Waals surface area contributed by atoms with E-state index in [1.165, 1.54) is 19.3 Å². The van der Waals surface area contributed by atoms with Crippen molar-refractivity contribution in [1.29, 1.82) is 0 Å². The largest absolute Gasteiger partial charge is 0.357 e. The topological polar surface area (TPSA) is 61.0 Å². The van der Waals surface area contributed by atoms with Crippen molar-refractivity contribution in [1.82, 2.24) is 20.2 Å². The molecule has 0 aromatic carbocycles. The molecule has 0 unspecified atom stereocenters. The summed E-state index contributed by atoms with van der Waals surface area (Å²) in [5.74, 6) is -0.0594. The summed E-state index contributed by atoms with van der Waals surface area (Å²) < 4.78 is 0. The molecule has 1 atom stereocenters. The van der Waals surface area contributed by atoms with Gasteiger partial charge in [0.2, 0.25) is 0 Å². The monoisotopic (exact) mass is 298 g/mol. The molecule has 1 amide bonds. The van der Waals surface area contributed by atoms with Gasteiger partial charge in [-0.05, 0) is 49.7 Å². The van der Waals surface area contributed by atoms with Gasteiger partial charge in [0.1, 0.15) is 5.69 Å². The molecule has 5 heteroatoms. The predicted molar refractivity (Wildman–Crippen MR) is 85.5 cm³/mol. The van der Waals surface area contributed by atoms with E-state index < -0.39 is 0 Å². The van der Waals surface area contributed by atoms with E-state index in [9.17, 15) is 4.79 Å². The molecule has 2 aromatic heterocycles. The van der Waals surface area contributed by atoms with Crippen LogP contribution in [0.5, 0.6) is 0 Å². The Morgan fingerprint density at radius 3 is 2.82 bits per heavy atom. The maximum Gasteiger partial charge on any atom is 0.267 e. The number of amides is 1. The Bertz CT molecular complexity index is 576. The molecule has 5 nitrogen and oxygen atoms in total. The van der Waals surface area contributed by atoms with Crippen molar-refractivity contribution in [3.05, 3.63) is 54.1 Å². The quantitative estimate of drug-likeness (QED) is 0.891. The molecule has 0 aliphatic carbocycles. The third-order valence-electron chi connectivity index (χ3n) is 4.20. The summed E-state index contributed by atoms with van der Waals surface area (Å²) in [7, 11) is 0. The molecular weight excluding hydrogens is 276 g/mol. The van der Waals surface area contributed by atoms with Crippen molar-refractivity contribution in [3.8, 4) is 0 Å². The van der Waals surface area contributed by atoms with Crippen molar-refractivity contribution in [2.75, 3.05) is 19.6 Å². The average molecular weight is 298 g/mol. The third kappa shape index (κ3) is 3.54. The maximum absolute atomic E-state index is 12.1. The third-order valence-corrected chi connectivity index (χ3v) is 4.20. The minimum Gasteiger partial charge on any atom is -0.357 e. The van der Waals surface area contributed by atoms with Crippen LogP contribution in [0.2, 0.25) is 0 Å². The number of nitrogens with one attached hydrogen (secondary N) is 2. The number of carbonyl (C=O) groups excluding carboxylic acids is 1. The van der Waals surface area contributed by atoms with Crippen molar-refractivity contribution in [2.45, 2.75) is 25.3 Å². The molecule has 0 radical (unpaired) electrons. The van der Waals surface area contributed by atoms with E-state index in [2.05, 4.69) is 26.3 Å². The molecule has 2 N–H and O–H groups in total. The van der Waals surface area contributed by atoms with Crippen LogP contribution in [0.25, 0.3) is 0 Å². The van der Waals surface area contributed by atoms with Crippen molar-refractivity contribution >= 4 is 5.91 Å². The van der Waals surface area contributed by atoms with E-state index in [4.69, 9.17) is 0 Å². The molecule has 3 heterocycles. The van der Waals surface area contributed by atoms with Crippen LogP contribution in [-0.4, -0.2) is 40.4 Å². The van der Waals surface area contributed by atoms with Gasteiger partial charge in [-0.1, -0.05) is 12.5 Å². The molecule has 0 saturated carbocycles. The Labute approximate surface area is 130 Å². The number of piperidine rings is 1. The van der Waals surface area contributed by atoms with Crippen LogP contribution in [0.3, 0.4) is 0 Å². The highest BCUT2D eigenvalue weighted by Gasteiger charge is 2.23. The van der Waals surface area contributed by atoms with Gasteiger partial charge in [-0.25, -0.2) is 0 Å². The summed E-state index contributed by atoms with van der Waals surface area (Å²) in [6.07, 6.45) is 9.19. The fourth-order valence-electron chi connectivity index (χ4n) is 3.02. The van der Waals surface area contributed by atoms with E-state index in [-0.39, 0.29) is 11.9 Å². The first-order chi connectivity index (χ1) is 10.8. The number of nitrogens with zero attached hydrogens (tertiary/aromatic N) is 2. The second-order valence-corrected chi connectivity index (χ2v) is 5.69. The smallest absolute Gasteiger partial charge is 0.267 e. The minimum atomic E-state index is -0.0594. The average Bonchev–Trinajstić information content (AvgIpc) is 3.11. The standard InChI is InChI=1S/C17H22N4O/c22-17(15-7-5-9-19-15)20-13-16(14-6-4-8-18-12-14)21-10-2-1-3-11-21/h4-9,12,16,19H,1-3,10-11,13H2,(H,20,22)/t16-/m0/s1. The highest BCUT2D eigenvalue weighted by molar-refractivity contribution is 5.92. The lowest BCUT2D eigenvalue weighted by molar-refractivity contribution is 0.0920. The fraction of sp³-hybridized carbons (Fsp3) is 0.412. The van der Waals surface area contributed by atoms with Gasteiger partial charge in [0.15, 0.2) is 0 Å². The predicted octanol–water partition coefficient (Wildman–Crippen LogP) is 2.37. The van der Waals surface area contributed by atoms with Gasteiger partial charge in [-0.3, -0.25) is 14.7 Å². The number of aromatic nitrogens is 2. The molecule has 22 heavy (non-hydrogen) atoms. The van der Waals surface area contributed by atoms with Crippen molar-refractivity contribution in [2.24, 2.45) is 0 Å². The fourth-order valence-corrected chi connectivity index (χ4v) is 3.02. The Morgan fingerprint density at radius 2 is 2.14 bits per heavy atom. The zero-order chi connectivity index (χ0) is 15.2. The first kappa shape index (κ1) is 14.8. The summed E-state index contributed by atoms with van der Waals surface area (Å²) in [4.78, 5) is 21.8. The minimum absolute atomic E-state index is 0.0594. The Balaban J connectivity index is 1.69. The molecule has 116 valence electrons. The summed E-state index contributed by atoms with van der Waals surface area (Å²) in [6.45, 7) is 2.76. The number of H-pyrrole nitrogens is 1. The lowest BCUT2D eigenvalue weighted by Crippen LogP contribution is -2.40. The van der Waals surface area contributed by atoms with Crippen LogP contribution in [0, 0.1) is 0 Å². The summed E-state index contributed by atoms with van der Waals surface area (Å²) in [6, 6.07) is 7.85. The number of likely N-dealkylation sites (tertiary alicyclic amines) is 1. The Morgan fingerprint density at radius 1 is 1.27 bits per heavy atom. The first-order valence-corrected chi connectivity index (χ1v) is 7.90. The van der Waals surface area contributed by atoms with E-state index in [1.54, 1.807) is 18.5 Å². The molecule has 1 aliphatic rings. The zero-order valence-electron chi connectivity index (χ0n) is 12.7. The van der Waals surface area contributed by atoms with Crippen LogP contribution in [0.4, 0.5) is 0 Å². The lowest BCUT2D eigenvalue weighted by Gasteiger charge is -2.34. The molecule has 1 fully saturated rings. The van der Waals surface area contributed by atoms with E-state index >= 15 is 0 Å². The SMILES string of the molecule is O=C(NC[C@@H](c1cccnc1)N1CCCCC1)c1ccc[nH]1. The van der Waals surface area contributed by atoms with E-state index in [0.29, 0.717) is 12.2 Å². The van der Waals surface area contributed by atoms with Crippen molar-refractivity contribution in [3.63, 3.8) is 0 Å². The van der Waals surface area contributed by atoms with Gasteiger partial charge >= 0.3 is 0 Å². The van der Waals surface area contributed by atoms with Crippen LogP contribution in [0.1, 0.15) is 41.4 Å².